The Kier molecular flexibility index (Phi) is 7.96. The van der Waals surface area contributed by atoms with Gasteiger partial charge < -0.3 is 14.4 Å². The Labute approximate surface area is 281 Å². The van der Waals surface area contributed by atoms with E-state index in [4.69, 9.17) is 9.47 Å². The van der Waals surface area contributed by atoms with Crippen LogP contribution in [-0.2, 0) is 20.4 Å². The van der Waals surface area contributed by atoms with E-state index < -0.39 is 21.5 Å². The van der Waals surface area contributed by atoms with E-state index in [1.807, 2.05) is 13.0 Å². The lowest BCUT2D eigenvalue weighted by Gasteiger charge is -2.65. The number of benzene rings is 3. The molecule has 3 saturated heterocycles. The van der Waals surface area contributed by atoms with Crippen LogP contribution in [0.5, 0.6) is 11.5 Å². The second kappa shape index (κ2) is 11.9. The number of hydrogen-bond acceptors (Lipinski definition) is 10. The fourth-order valence-corrected chi connectivity index (χ4v) is 9.52. The summed E-state index contributed by atoms with van der Waals surface area (Å²) in [6.45, 7) is 7.28. The molecule has 4 aliphatic heterocycles. The largest absolute Gasteiger partial charge is 0.497 e. The first-order chi connectivity index (χ1) is 23.1. The number of likely N-dealkylation sites (tertiary alicyclic amines) is 3. The first-order valence-corrected chi connectivity index (χ1v) is 17.7. The maximum absolute atomic E-state index is 15.3. The predicted octanol–water partition coefficient (Wildman–Crippen LogP) is 3.53. The molecule has 0 N–H and O–H groups in total. The minimum atomic E-state index is -4.45. The summed E-state index contributed by atoms with van der Waals surface area (Å²) in [5, 5.41) is 19.3. The average molecular weight is 667 g/mol. The molecule has 0 bridgehead atoms. The van der Waals surface area contributed by atoms with Gasteiger partial charge in [-0.1, -0.05) is 0 Å². The van der Waals surface area contributed by atoms with Crippen LogP contribution in [0.3, 0.4) is 0 Å². The fourth-order valence-electron chi connectivity index (χ4n) is 8.06. The molecule has 12 heteroatoms. The van der Waals surface area contributed by atoms with Crippen molar-refractivity contribution in [3.8, 4) is 23.6 Å². The van der Waals surface area contributed by atoms with Crippen LogP contribution in [0.25, 0.3) is 0 Å². The van der Waals surface area contributed by atoms with E-state index >= 15 is 4.79 Å². The normalized spacial score (nSPS) is 22.8. The molecule has 1 amide bonds. The number of rotatable bonds is 8. The zero-order valence-electron chi connectivity index (χ0n) is 27.3. The van der Waals surface area contributed by atoms with Gasteiger partial charge in [0.15, 0.2) is 5.54 Å². The molecule has 0 aliphatic carbocycles. The molecule has 4 aliphatic rings. The van der Waals surface area contributed by atoms with E-state index in [2.05, 4.69) is 27.8 Å². The number of sulfonamides is 1. The van der Waals surface area contributed by atoms with Crippen LogP contribution in [0.2, 0.25) is 0 Å². The highest BCUT2D eigenvalue weighted by Gasteiger charge is 2.66. The van der Waals surface area contributed by atoms with Gasteiger partial charge in [-0.3, -0.25) is 14.6 Å². The summed E-state index contributed by atoms with van der Waals surface area (Å²) < 4.78 is 41.5. The monoisotopic (exact) mass is 666 g/mol. The third kappa shape index (κ3) is 4.86. The second-order valence-corrected chi connectivity index (χ2v) is 15.1. The number of amides is 1. The van der Waals surface area contributed by atoms with Crippen LogP contribution < -0.4 is 13.8 Å². The summed E-state index contributed by atoms with van der Waals surface area (Å²) in [5.74, 6) is 0.243. The van der Waals surface area contributed by atoms with Gasteiger partial charge in [0.2, 0.25) is 0 Å². The van der Waals surface area contributed by atoms with Crippen molar-refractivity contribution in [3.63, 3.8) is 0 Å². The Morgan fingerprint density at radius 3 is 2.19 bits per heavy atom. The Hall–Kier alpha value is -4.46. The molecule has 3 fully saturated rings. The standard InChI is InChI=1S/C36H38N6O5S/c1-4-47-33-12-8-28(46-3)18-31(33)36(41-23-35(24-41)21-40(22-35)27-13-15-39(2)16-14-27)30-17-26(20-38)7-11-32(30)42(34(36)43)48(44,45)29-9-5-25(19-37)6-10-29/h5-12,17-18,27H,4,13-16,21-24H2,1-3H3. The highest BCUT2D eigenvalue weighted by molar-refractivity contribution is 7.93. The fraction of sp³-hybridized carbons (Fsp3) is 0.417. The van der Waals surface area contributed by atoms with Crippen LogP contribution in [0.15, 0.2) is 65.6 Å². The molecule has 248 valence electrons. The number of ether oxygens (including phenoxy) is 2. The average Bonchev–Trinajstić information content (AvgIpc) is 3.32. The molecule has 0 aromatic heterocycles. The number of methoxy groups -OCH3 is 1. The van der Waals surface area contributed by atoms with Crippen molar-refractivity contribution in [1.82, 2.24) is 14.7 Å². The van der Waals surface area contributed by atoms with Crippen LogP contribution in [0.4, 0.5) is 5.69 Å². The number of carbonyl (C=O) groups excluding carboxylic acids is 1. The van der Waals surface area contributed by atoms with Crippen molar-refractivity contribution in [2.24, 2.45) is 5.41 Å². The first-order valence-electron chi connectivity index (χ1n) is 16.2. The quantitative estimate of drug-likeness (QED) is 0.352. The number of nitrogens with zero attached hydrogens (tertiary/aromatic N) is 6. The van der Waals surface area contributed by atoms with Crippen molar-refractivity contribution in [3.05, 3.63) is 82.9 Å². The number of hydrogen-bond donors (Lipinski definition) is 0. The molecule has 1 atom stereocenters. The Morgan fingerprint density at radius 1 is 0.896 bits per heavy atom. The number of piperidine rings is 1. The lowest BCUT2D eigenvalue weighted by atomic mass is 9.67. The van der Waals surface area contributed by atoms with Gasteiger partial charge in [0.1, 0.15) is 11.5 Å². The number of nitriles is 2. The molecule has 3 aromatic carbocycles. The Balaban J connectivity index is 1.36. The zero-order chi connectivity index (χ0) is 33.8. The van der Waals surface area contributed by atoms with Gasteiger partial charge in [-0.15, -0.1) is 0 Å². The van der Waals surface area contributed by atoms with Crippen molar-refractivity contribution in [2.45, 2.75) is 36.2 Å². The molecule has 3 aromatic rings. The molecular weight excluding hydrogens is 628 g/mol. The summed E-state index contributed by atoms with van der Waals surface area (Å²) in [4.78, 5) is 22.2. The van der Waals surface area contributed by atoms with Crippen LogP contribution in [-0.4, -0.2) is 95.1 Å². The molecule has 1 spiro atoms. The van der Waals surface area contributed by atoms with Crippen molar-refractivity contribution < 1.29 is 22.7 Å². The second-order valence-electron chi connectivity index (χ2n) is 13.4. The molecule has 48 heavy (non-hydrogen) atoms. The molecule has 1 unspecified atom stereocenters. The van der Waals surface area contributed by atoms with Gasteiger partial charge in [0.25, 0.3) is 15.9 Å². The zero-order valence-corrected chi connectivity index (χ0v) is 28.2. The van der Waals surface area contributed by atoms with Gasteiger partial charge in [-0.25, -0.2) is 12.7 Å². The van der Waals surface area contributed by atoms with E-state index in [1.165, 1.54) is 43.5 Å². The Morgan fingerprint density at radius 2 is 1.56 bits per heavy atom. The van der Waals surface area contributed by atoms with Crippen molar-refractivity contribution in [2.75, 3.05) is 64.3 Å². The topological polar surface area (TPSA) is 130 Å². The molecule has 7 rings (SSSR count). The van der Waals surface area contributed by atoms with E-state index in [9.17, 15) is 18.9 Å². The molecular formula is C36H38N6O5S. The molecule has 0 radical (unpaired) electrons. The number of anilines is 1. The smallest absolute Gasteiger partial charge is 0.271 e. The van der Waals surface area contributed by atoms with E-state index in [1.54, 1.807) is 24.3 Å². The van der Waals surface area contributed by atoms with E-state index in [0.29, 0.717) is 59.5 Å². The maximum atomic E-state index is 15.3. The van der Waals surface area contributed by atoms with Crippen LogP contribution in [0, 0.1) is 28.1 Å². The summed E-state index contributed by atoms with van der Waals surface area (Å²) in [6, 6.07) is 20.2. The molecule has 0 saturated carbocycles. The van der Waals surface area contributed by atoms with Gasteiger partial charge in [0.05, 0.1) is 47.6 Å². The molecule has 11 nitrogen and oxygen atoms in total. The lowest BCUT2D eigenvalue weighted by Crippen LogP contribution is -2.77. The van der Waals surface area contributed by atoms with Gasteiger partial charge in [-0.05, 0) is 101 Å². The molecule has 4 heterocycles. The van der Waals surface area contributed by atoms with Crippen molar-refractivity contribution in [1.29, 1.82) is 10.5 Å². The Bertz CT molecular complexity index is 1950. The number of carbonyl (C=O) groups is 1. The van der Waals surface area contributed by atoms with Gasteiger partial charge in [-0.2, -0.15) is 10.5 Å². The first kappa shape index (κ1) is 32.1. The summed E-state index contributed by atoms with van der Waals surface area (Å²) in [6.07, 6.45) is 2.26. The lowest BCUT2D eigenvalue weighted by molar-refractivity contribution is -0.169. The highest BCUT2D eigenvalue weighted by atomic mass is 32.2. The van der Waals surface area contributed by atoms with Gasteiger partial charge >= 0.3 is 0 Å². The van der Waals surface area contributed by atoms with Gasteiger partial charge in [0, 0.05) is 48.8 Å². The van der Waals surface area contributed by atoms with E-state index in [-0.39, 0.29) is 16.0 Å². The SMILES string of the molecule is CCOc1ccc(OC)cc1C1(N2CC3(CN(C4CCN(C)CC4)C3)C2)C(=O)N(S(=O)(=O)c2ccc(C#N)cc2)c2ccc(C#N)cc21. The summed E-state index contributed by atoms with van der Waals surface area (Å²) in [7, 11) is -0.755. The number of fused-ring (bicyclic) bond motifs is 1. The maximum Gasteiger partial charge on any atom is 0.271 e. The summed E-state index contributed by atoms with van der Waals surface area (Å²) >= 11 is 0. The minimum Gasteiger partial charge on any atom is -0.497 e. The summed E-state index contributed by atoms with van der Waals surface area (Å²) in [5.41, 5.74) is -0.0158. The third-order valence-corrected chi connectivity index (χ3v) is 12.1. The van der Waals surface area contributed by atoms with E-state index in [0.717, 1.165) is 43.3 Å². The van der Waals surface area contributed by atoms with Crippen molar-refractivity contribution >= 4 is 21.6 Å². The van der Waals surface area contributed by atoms with Crippen LogP contribution in [0.1, 0.15) is 42.0 Å². The van der Waals surface area contributed by atoms with Crippen LogP contribution >= 0.6 is 0 Å². The highest BCUT2D eigenvalue weighted by Crippen LogP contribution is 2.58. The minimum absolute atomic E-state index is 0.0340. The third-order valence-electron chi connectivity index (χ3n) is 10.4. The predicted molar refractivity (Wildman–Crippen MR) is 178 cm³/mol.